The topological polar surface area (TPSA) is 12.9 Å². The molecule has 0 atom stereocenters. The maximum atomic E-state index is 4.54. The minimum Gasteiger partial charge on any atom is -0.296 e. The van der Waals surface area contributed by atoms with Crippen LogP contribution in [0.25, 0.3) is 22.0 Å². The van der Waals surface area contributed by atoms with Gasteiger partial charge < -0.3 is 0 Å². The largest absolute Gasteiger partial charge is 1.00 e. The van der Waals surface area contributed by atoms with Crippen molar-refractivity contribution in [1.82, 2.24) is 4.98 Å². The number of benzene rings is 3. The molecule has 0 aliphatic carbocycles. The number of fused-ring (bicyclic) bond motifs is 1. The van der Waals surface area contributed by atoms with Crippen molar-refractivity contribution in [3.8, 4) is 11.3 Å². The molecule has 3 heteroatoms. The second-order valence-corrected chi connectivity index (χ2v) is 5.51. The van der Waals surface area contributed by atoms with Gasteiger partial charge in [0.2, 0.25) is 0 Å². The summed E-state index contributed by atoms with van der Waals surface area (Å²) in [5.74, 6) is 0. The Morgan fingerprint density at radius 1 is 0.880 bits per heavy atom. The van der Waals surface area contributed by atoms with Gasteiger partial charge in [-0.3, -0.25) is 4.98 Å². The molecule has 0 saturated carbocycles. The summed E-state index contributed by atoms with van der Waals surface area (Å²) in [5.41, 5.74) is 4.59. The Balaban J connectivity index is 0.00000113. The Kier molecular flexibility index (Phi) is 8.81. The first-order chi connectivity index (χ1) is 11.4. The van der Waals surface area contributed by atoms with Crippen LogP contribution in [0.1, 0.15) is 11.1 Å². The summed E-state index contributed by atoms with van der Waals surface area (Å²) in [7, 11) is 0. The zero-order chi connectivity index (χ0) is 15.5. The van der Waals surface area contributed by atoms with Crippen LogP contribution >= 0.6 is 0 Å². The summed E-state index contributed by atoms with van der Waals surface area (Å²) in [6.07, 6.45) is 2.64. The summed E-state index contributed by atoms with van der Waals surface area (Å²) >= 11 is 0. The fourth-order valence-electron chi connectivity index (χ4n) is 2.81. The predicted molar refractivity (Wildman–Crippen MR) is 92.9 cm³/mol. The third-order valence-corrected chi connectivity index (χ3v) is 3.91. The monoisotopic (exact) mass is 466 g/mol. The summed E-state index contributed by atoms with van der Waals surface area (Å²) in [4.78, 5) is 4.54. The van der Waals surface area contributed by atoms with E-state index in [1.54, 1.807) is 6.20 Å². The number of rotatable bonds is 3. The van der Waals surface area contributed by atoms with Gasteiger partial charge in [0.15, 0.2) is 0 Å². The third-order valence-electron chi connectivity index (χ3n) is 3.91. The van der Waals surface area contributed by atoms with Crippen molar-refractivity contribution in [3.05, 3.63) is 102 Å². The SMILES string of the molecule is [Rb+].[Y].[c-]1cccc(Cc2ccc3[c-]cnc(-c4c[c-]ccc4)c3c2)c1. The Labute approximate surface area is 222 Å². The molecule has 1 radical (unpaired) electrons. The van der Waals surface area contributed by atoms with Crippen molar-refractivity contribution < 1.29 is 90.9 Å². The number of pyridine rings is 1. The molecule has 0 aliphatic rings. The minimum absolute atomic E-state index is 0. The molecule has 113 valence electrons. The molecular weight excluding hydrogens is 453 g/mol. The van der Waals surface area contributed by atoms with Crippen molar-refractivity contribution in [2.45, 2.75) is 6.42 Å². The quantitative estimate of drug-likeness (QED) is 0.420. The van der Waals surface area contributed by atoms with E-state index in [9.17, 15) is 0 Å². The molecule has 0 aliphatic heterocycles. The molecular formula is C22H14NRbY-2. The molecule has 25 heavy (non-hydrogen) atoms. The van der Waals surface area contributed by atoms with Gasteiger partial charge in [-0.15, -0.1) is 23.1 Å². The van der Waals surface area contributed by atoms with Crippen molar-refractivity contribution in [2.24, 2.45) is 0 Å². The van der Waals surface area contributed by atoms with Crippen molar-refractivity contribution in [2.75, 3.05) is 0 Å². The van der Waals surface area contributed by atoms with Gasteiger partial charge in [0, 0.05) is 32.7 Å². The van der Waals surface area contributed by atoms with Gasteiger partial charge in [-0.05, 0) is 11.9 Å². The molecule has 0 saturated heterocycles. The molecule has 0 bridgehead atoms. The van der Waals surface area contributed by atoms with Crippen LogP contribution in [-0.2, 0) is 39.1 Å². The number of hydrogen-bond acceptors (Lipinski definition) is 1. The average molecular weight is 467 g/mol. The summed E-state index contributed by atoms with van der Waals surface area (Å²) in [6.45, 7) is 0. The number of hydrogen-bond donors (Lipinski definition) is 0. The number of aromatic nitrogens is 1. The van der Waals surface area contributed by atoms with Gasteiger partial charge in [0.25, 0.3) is 0 Å². The van der Waals surface area contributed by atoms with E-state index in [1.807, 2.05) is 36.4 Å². The van der Waals surface area contributed by atoms with Gasteiger partial charge in [-0.25, -0.2) is 0 Å². The molecule has 4 rings (SSSR count). The van der Waals surface area contributed by atoms with Crippen LogP contribution in [0, 0.1) is 18.2 Å². The average Bonchev–Trinajstić information content (AvgIpc) is 2.63. The maximum Gasteiger partial charge on any atom is 1.00 e. The normalized spacial score (nSPS) is 9.92. The summed E-state index contributed by atoms with van der Waals surface area (Å²) < 4.78 is 0. The van der Waals surface area contributed by atoms with Crippen LogP contribution in [0.15, 0.2) is 72.9 Å². The zero-order valence-corrected chi connectivity index (χ0v) is 21.9. The van der Waals surface area contributed by atoms with Crippen molar-refractivity contribution in [3.63, 3.8) is 0 Å². The molecule has 1 heterocycles. The molecule has 4 aromatic rings. The zero-order valence-electron chi connectivity index (χ0n) is 14.2. The summed E-state index contributed by atoms with van der Waals surface area (Å²) in [6, 6.07) is 32.0. The van der Waals surface area contributed by atoms with Crippen LogP contribution in [-0.4, -0.2) is 4.98 Å². The first-order valence-corrected chi connectivity index (χ1v) is 7.61. The maximum absolute atomic E-state index is 4.54. The molecule has 0 N–H and O–H groups in total. The fourth-order valence-corrected chi connectivity index (χ4v) is 2.81. The van der Waals surface area contributed by atoms with Gasteiger partial charge >= 0.3 is 58.2 Å². The van der Waals surface area contributed by atoms with Crippen LogP contribution in [0.3, 0.4) is 0 Å². The van der Waals surface area contributed by atoms with E-state index < -0.39 is 0 Å². The Bertz CT molecular complexity index is 940. The van der Waals surface area contributed by atoms with Crippen molar-refractivity contribution >= 4 is 10.8 Å². The van der Waals surface area contributed by atoms with Gasteiger partial charge in [0.05, 0.1) is 0 Å². The Morgan fingerprint density at radius 2 is 1.68 bits per heavy atom. The second kappa shape index (κ2) is 10.3. The second-order valence-electron chi connectivity index (χ2n) is 5.51. The molecule has 0 unspecified atom stereocenters. The molecule has 0 fully saturated rings. The van der Waals surface area contributed by atoms with E-state index in [2.05, 4.69) is 53.5 Å². The Morgan fingerprint density at radius 3 is 2.40 bits per heavy atom. The molecule has 3 aromatic carbocycles. The van der Waals surface area contributed by atoms with Gasteiger partial charge in [-0.1, -0.05) is 12.0 Å². The first kappa shape index (κ1) is 21.3. The predicted octanol–water partition coefficient (Wildman–Crippen LogP) is 1.89. The van der Waals surface area contributed by atoms with E-state index in [-0.39, 0.29) is 90.9 Å². The molecule has 1 aromatic heterocycles. The van der Waals surface area contributed by atoms with Crippen molar-refractivity contribution in [1.29, 1.82) is 0 Å². The first-order valence-electron chi connectivity index (χ1n) is 7.61. The molecule has 1 nitrogen and oxygen atoms in total. The Hall–Kier alpha value is -0.0209. The van der Waals surface area contributed by atoms with E-state index in [0.717, 1.165) is 28.5 Å². The van der Waals surface area contributed by atoms with E-state index >= 15 is 0 Å². The van der Waals surface area contributed by atoms with E-state index in [1.165, 1.54) is 11.1 Å². The van der Waals surface area contributed by atoms with Gasteiger partial charge in [0.1, 0.15) is 0 Å². The third kappa shape index (κ3) is 5.25. The molecule has 0 spiro atoms. The standard InChI is InChI=1S/C22H14N.Rb.Y/c1-3-7-17(8-4-1)15-18-11-12-19-13-14-23-22(21(19)16-18)20-9-5-2-6-10-20;;/h1-3,5,7-12,14,16H,15H2;;/q-3;+1;. The minimum atomic E-state index is 0. The van der Waals surface area contributed by atoms with E-state index in [0.29, 0.717) is 0 Å². The molecule has 0 amide bonds. The van der Waals surface area contributed by atoms with Gasteiger partial charge in [-0.2, -0.15) is 83.7 Å². The number of nitrogens with zero attached hydrogens (tertiary/aromatic N) is 1. The van der Waals surface area contributed by atoms with Crippen LogP contribution < -0.4 is 58.2 Å². The summed E-state index contributed by atoms with van der Waals surface area (Å²) in [5, 5.41) is 2.21. The van der Waals surface area contributed by atoms with Crippen LogP contribution in [0.4, 0.5) is 0 Å². The fraction of sp³-hybridized carbons (Fsp3) is 0.0455. The van der Waals surface area contributed by atoms with E-state index in [4.69, 9.17) is 0 Å². The van der Waals surface area contributed by atoms with Crippen LogP contribution in [0.2, 0.25) is 0 Å². The van der Waals surface area contributed by atoms with Crippen LogP contribution in [0.5, 0.6) is 0 Å². The smallest absolute Gasteiger partial charge is 0.296 e.